The van der Waals surface area contributed by atoms with Crippen molar-refractivity contribution in [3.8, 4) is 0 Å². The van der Waals surface area contributed by atoms with Gasteiger partial charge >= 0.3 is 0 Å². The van der Waals surface area contributed by atoms with Crippen LogP contribution in [-0.2, 0) is 9.47 Å². The number of nitrogens with one attached hydrogen (secondary N) is 1. The lowest BCUT2D eigenvalue weighted by atomic mass is 10.0. The van der Waals surface area contributed by atoms with Gasteiger partial charge in [0.1, 0.15) is 5.82 Å². The number of ether oxygens (including phenoxy) is 2. The van der Waals surface area contributed by atoms with Crippen LogP contribution in [0.25, 0.3) is 10.8 Å². The van der Waals surface area contributed by atoms with Crippen LogP contribution in [0.1, 0.15) is 30.2 Å². The summed E-state index contributed by atoms with van der Waals surface area (Å²) in [5.74, 6) is -0.253. The van der Waals surface area contributed by atoms with Gasteiger partial charge in [0.2, 0.25) is 0 Å². The van der Waals surface area contributed by atoms with Gasteiger partial charge < -0.3 is 14.8 Å². The van der Waals surface area contributed by atoms with Gasteiger partial charge in [-0.1, -0.05) is 54.6 Å². The number of fused-ring (bicyclic) bond motifs is 1. The molecule has 3 nitrogen and oxygen atoms in total. The maximum absolute atomic E-state index is 14.1. The molecule has 0 amide bonds. The van der Waals surface area contributed by atoms with Crippen LogP contribution in [0.2, 0.25) is 0 Å². The Labute approximate surface area is 152 Å². The Morgan fingerprint density at radius 1 is 1.08 bits per heavy atom. The van der Waals surface area contributed by atoms with Crippen molar-refractivity contribution in [1.82, 2.24) is 5.32 Å². The third-order valence-electron chi connectivity index (χ3n) is 4.81. The Kier molecular flexibility index (Phi) is 4.98. The highest BCUT2D eigenvalue weighted by Gasteiger charge is 2.30. The lowest BCUT2D eigenvalue weighted by molar-refractivity contribution is -0.199. The van der Waals surface area contributed by atoms with E-state index in [0.29, 0.717) is 6.61 Å². The van der Waals surface area contributed by atoms with Gasteiger partial charge in [0, 0.05) is 6.54 Å². The standard InChI is InChI=1S/C22H22FNO2/c1-15(20-14-18(23)13-17-9-5-6-10-19(17)20)26-22-21(24-11-12-25-22)16-7-3-2-4-8-16/h2-10,13-15,21-22,24H,11-12H2,1H3/t15-,21+,22-/m1/s1. The van der Waals surface area contributed by atoms with Crippen LogP contribution in [0, 0.1) is 5.82 Å². The summed E-state index contributed by atoms with van der Waals surface area (Å²) in [5.41, 5.74) is 1.95. The summed E-state index contributed by atoms with van der Waals surface area (Å²) in [6.07, 6.45) is -0.727. The first kappa shape index (κ1) is 17.2. The predicted molar refractivity (Wildman–Crippen MR) is 100 cm³/mol. The predicted octanol–water partition coefficient (Wildman–Crippen LogP) is 4.74. The summed E-state index contributed by atoms with van der Waals surface area (Å²) in [4.78, 5) is 0. The second kappa shape index (κ2) is 7.54. The van der Waals surface area contributed by atoms with Crippen molar-refractivity contribution in [2.45, 2.75) is 25.4 Å². The Morgan fingerprint density at radius 3 is 2.69 bits per heavy atom. The molecule has 1 saturated heterocycles. The first-order valence-electron chi connectivity index (χ1n) is 8.96. The highest BCUT2D eigenvalue weighted by molar-refractivity contribution is 5.86. The fraction of sp³-hybridized carbons (Fsp3) is 0.273. The van der Waals surface area contributed by atoms with Crippen molar-refractivity contribution in [2.24, 2.45) is 0 Å². The van der Waals surface area contributed by atoms with Gasteiger partial charge in [-0.15, -0.1) is 0 Å². The Morgan fingerprint density at radius 2 is 1.85 bits per heavy atom. The van der Waals surface area contributed by atoms with E-state index >= 15 is 0 Å². The van der Waals surface area contributed by atoms with Crippen molar-refractivity contribution < 1.29 is 13.9 Å². The van der Waals surface area contributed by atoms with Crippen molar-refractivity contribution in [3.63, 3.8) is 0 Å². The number of halogens is 1. The molecule has 0 unspecified atom stereocenters. The van der Waals surface area contributed by atoms with E-state index < -0.39 is 6.29 Å². The number of morpholine rings is 1. The van der Waals surface area contributed by atoms with Gasteiger partial charge in [-0.25, -0.2) is 4.39 Å². The quantitative estimate of drug-likeness (QED) is 0.736. The molecule has 4 heteroatoms. The van der Waals surface area contributed by atoms with Gasteiger partial charge in [-0.2, -0.15) is 0 Å². The molecule has 0 aliphatic carbocycles. The molecule has 1 aliphatic heterocycles. The van der Waals surface area contributed by atoms with Gasteiger partial charge in [-0.3, -0.25) is 0 Å². The third kappa shape index (κ3) is 3.49. The lowest BCUT2D eigenvalue weighted by Crippen LogP contribution is -2.43. The van der Waals surface area contributed by atoms with E-state index in [1.807, 2.05) is 49.4 Å². The fourth-order valence-corrected chi connectivity index (χ4v) is 3.55. The monoisotopic (exact) mass is 351 g/mol. The van der Waals surface area contributed by atoms with Gasteiger partial charge in [0.05, 0.1) is 18.8 Å². The molecule has 1 aliphatic rings. The van der Waals surface area contributed by atoms with Crippen LogP contribution in [0.4, 0.5) is 4.39 Å². The molecule has 4 rings (SSSR count). The number of hydrogen-bond donors (Lipinski definition) is 1. The average molecular weight is 351 g/mol. The van der Waals surface area contributed by atoms with E-state index in [-0.39, 0.29) is 18.0 Å². The fourth-order valence-electron chi connectivity index (χ4n) is 3.55. The zero-order valence-electron chi connectivity index (χ0n) is 14.7. The SMILES string of the molecule is C[C@@H](O[C@H]1OCCN[C@H]1c1ccccc1)c1cc(F)cc2ccccc12. The minimum atomic E-state index is -0.428. The molecule has 0 aromatic heterocycles. The minimum absolute atomic E-state index is 0.0489. The van der Waals surface area contributed by atoms with Crippen LogP contribution in [0.3, 0.4) is 0 Å². The normalized spacial score (nSPS) is 21.6. The van der Waals surface area contributed by atoms with E-state index in [1.165, 1.54) is 0 Å². The second-order valence-electron chi connectivity index (χ2n) is 6.58. The first-order chi connectivity index (χ1) is 12.7. The highest BCUT2D eigenvalue weighted by Crippen LogP contribution is 2.32. The lowest BCUT2D eigenvalue weighted by Gasteiger charge is -2.34. The molecule has 3 atom stereocenters. The van der Waals surface area contributed by atoms with Gasteiger partial charge in [-0.05, 0) is 41.0 Å². The van der Waals surface area contributed by atoms with E-state index in [1.54, 1.807) is 12.1 Å². The van der Waals surface area contributed by atoms with E-state index in [2.05, 4.69) is 17.4 Å². The molecule has 3 aromatic carbocycles. The molecule has 0 radical (unpaired) electrons. The van der Waals surface area contributed by atoms with Crippen LogP contribution in [0.15, 0.2) is 66.7 Å². The summed E-state index contributed by atoms with van der Waals surface area (Å²) in [7, 11) is 0. The van der Waals surface area contributed by atoms with Crippen LogP contribution in [0.5, 0.6) is 0 Å². The van der Waals surface area contributed by atoms with E-state index in [0.717, 1.165) is 28.4 Å². The van der Waals surface area contributed by atoms with Crippen LogP contribution < -0.4 is 5.32 Å². The molecule has 1 fully saturated rings. The molecule has 1 heterocycles. The first-order valence-corrected chi connectivity index (χ1v) is 8.96. The molecule has 26 heavy (non-hydrogen) atoms. The summed E-state index contributed by atoms with van der Waals surface area (Å²) < 4.78 is 26.2. The zero-order valence-corrected chi connectivity index (χ0v) is 14.7. The van der Waals surface area contributed by atoms with Crippen molar-refractivity contribution in [2.75, 3.05) is 13.2 Å². The molecular weight excluding hydrogens is 329 g/mol. The third-order valence-corrected chi connectivity index (χ3v) is 4.81. The summed E-state index contributed by atoms with van der Waals surface area (Å²) >= 11 is 0. The van der Waals surface area contributed by atoms with E-state index in [9.17, 15) is 4.39 Å². The molecule has 3 aromatic rings. The largest absolute Gasteiger partial charge is 0.349 e. The van der Waals surface area contributed by atoms with Gasteiger partial charge in [0.25, 0.3) is 0 Å². The Hall–Kier alpha value is -2.27. The Bertz CT molecular complexity index is 884. The second-order valence-corrected chi connectivity index (χ2v) is 6.58. The number of hydrogen-bond acceptors (Lipinski definition) is 3. The molecule has 0 spiro atoms. The molecule has 134 valence electrons. The summed E-state index contributed by atoms with van der Waals surface area (Å²) in [6.45, 7) is 3.31. The van der Waals surface area contributed by atoms with Crippen molar-refractivity contribution in [3.05, 3.63) is 83.7 Å². The molecule has 0 bridgehead atoms. The van der Waals surface area contributed by atoms with Crippen LogP contribution in [-0.4, -0.2) is 19.4 Å². The smallest absolute Gasteiger partial charge is 0.177 e. The topological polar surface area (TPSA) is 30.5 Å². The van der Waals surface area contributed by atoms with Crippen LogP contribution >= 0.6 is 0 Å². The summed E-state index contributed by atoms with van der Waals surface area (Å²) in [6, 6.07) is 21.0. The maximum atomic E-state index is 14.1. The van der Waals surface area contributed by atoms with Gasteiger partial charge in [0.15, 0.2) is 6.29 Å². The zero-order chi connectivity index (χ0) is 17.9. The molecule has 0 saturated carbocycles. The van der Waals surface area contributed by atoms with Crippen molar-refractivity contribution >= 4 is 10.8 Å². The van der Waals surface area contributed by atoms with E-state index in [4.69, 9.17) is 9.47 Å². The highest BCUT2D eigenvalue weighted by atomic mass is 19.1. The maximum Gasteiger partial charge on any atom is 0.177 e. The minimum Gasteiger partial charge on any atom is -0.349 e. The Balaban J connectivity index is 1.62. The number of rotatable bonds is 4. The molecular formula is C22H22FNO2. The average Bonchev–Trinajstić information content (AvgIpc) is 2.68. The molecule has 1 N–H and O–H groups in total. The number of benzene rings is 3. The summed E-state index contributed by atoms with van der Waals surface area (Å²) in [5, 5.41) is 5.34. The van der Waals surface area contributed by atoms with Crippen molar-refractivity contribution in [1.29, 1.82) is 0 Å².